The predicted octanol–water partition coefficient (Wildman–Crippen LogP) is 9.60. The van der Waals surface area contributed by atoms with Gasteiger partial charge in [0.1, 0.15) is 12.1 Å². The van der Waals surface area contributed by atoms with Gasteiger partial charge in [-0.05, 0) is 51.6 Å². The van der Waals surface area contributed by atoms with Crippen LogP contribution in [0.15, 0.2) is 41.4 Å². The van der Waals surface area contributed by atoms with E-state index in [1.54, 1.807) is 32.7 Å². The summed E-state index contributed by atoms with van der Waals surface area (Å²) in [6.07, 6.45) is 11.1. The van der Waals surface area contributed by atoms with Gasteiger partial charge in [-0.3, -0.25) is 9.79 Å². The summed E-state index contributed by atoms with van der Waals surface area (Å²) in [5, 5.41) is 5.98. The molecular weight excluding hydrogens is 534 g/mol. The molecule has 2 N–H and O–H groups in total. The van der Waals surface area contributed by atoms with E-state index in [4.69, 9.17) is 4.98 Å². The summed E-state index contributed by atoms with van der Waals surface area (Å²) in [6, 6.07) is 11.6. The van der Waals surface area contributed by atoms with Crippen LogP contribution in [0, 0.1) is 6.92 Å². The molecule has 1 aromatic carbocycles. The number of hydrogen-bond donors (Lipinski definition) is 2. The van der Waals surface area contributed by atoms with Gasteiger partial charge >= 0.3 is 0 Å². The molecule has 0 aliphatic heterocycles. The summed E-state index contributed by atoms with van der Waals surface area (Å²) in [7, 11) is 7.00. The molecule has 7 nitrogen and oxygen atoms in total. The van der Waals surface area contributed by atoms with E-state index in [2.05, 4.69) is 92.8 Å². The monoisotopic (exact) mass is 604 g/mol. The highest BCUT2D eigenvalue weighted by molar-refractivity contribution is 5.77. The molecule has 0 atom stereocenters. The number of aryl methyl sites for hydroxylation is 1. The zero-order chi connectivity index (χ0) is 33.7. The standard InChI is InChI=1S/C23H32N4O.3C3H8.C2H7N.C2H6O/c1-4-6-14-27(15-7-5-2)23-13-12-22(19(3)26-23)25-18-24-16-20-8-10-21(17-28)11-9-20;5*1-3-2/h8-13,17-18H,4-7,14-16H2,1-3H3,(H,24,25);3*3H2,1-2H3;3H,1-2H3;1-2H3. The fraction of sp³-hybridized carbons (Fsp3) is 0.639. The van der Waals surface area contributed by atoms with Gasteiger partial charge in [-0.15, -0.1) is 0 Å². The fourth-order valence-electron chi connectivity index (χ4n) is 2.88. The summed E-state index contributed by atoms with van der Waals surface area (Å²) in [4.78, 5) is 22.3. The van der Waals surface area contributed by atoms with Gasteiger partial charge in [0.25, 0.3) is 0 Å². The molecule has 0 unspecified atom stereocenters. The molecule has 0 saturated heterocycles. The van der Waals surface area contributed by atoms with Gasteiger partial charge in [0.15, 0.2) is 0 Å². The van der Waals surface area contributed by atoms with Crippen molar-refractivity contribution in [1.82, 2.24) is 10.3 Å². The average molecular weight is 604 g/mol. The predicted molar refractivity (Wildman–Crippen MR) is 194 cm³/mol. The molecule has 0 aliphatic rings. The van der Waals surface area contributed by atoms with E-state index >= 15 is 0 Å². The van der Waals surface area contributed by atoms with Crippen LogP contribution in [0.4, 0.5) is 11.5 Å². The van der Waals surface area contributed by atoms with Crippen LogP contribution in [0.2, 0.25) is 0 Å². The van der Waals surface area contributed by atoms with E-state index in [0.29, 0.717) is 12.1 Å². The van der Waals surface area contributed by atoms with Gasteiger partial charge in [0.2, 0.25) is 0 Å². The quantitative estimate of drug-likeness (QED) is 0.143. The SMILES string of the molecule is CCC.CCC.CCC.CCCCN(CCCC)c1ccc(NC=NCc2ccc(C=O)cc2)c(C)n1.CNC.COC. The summed E-state index contributed by atoms with van der Waals surface area (Å²) in [5.74, 6) is 1.05. The number of aromatic nitrogens is 1. The lowest BCUT2D eigenvalue weighted by Crippen LogP contribution is -2.26. The van der Waals surface area contributed by atoms with Gasteiger partial charge in [-0.25, -0.2) is 4.98 Å². The third kappa shape index (κ3) is 32.0. The number of nitrogens with zero attached hydrogens (tertiary/aromatic N) is 3. The zero-order valence-electron chi connectivity index (χ0n) is 30.3. The van der Waals surface area contributed by atoms with Crippen molar-refractivity contribution < 1.29 is 9.53 Å². The number of pyridine rings is 1. The molecule has 0 fully saturated rings. The number of hydrogen-bond acceptors (Lipinski definition) is 6. The summed E-state index contributed by atoms with van der Waals surface area (Å²) >= 11 is 0. The van der Waals surface area contributed by atoms with Gasteiger partial charge in [0.05, 0.1) is 24.3 Å². The number of ether oxygens (including phenoxy) is 1. The smallest absolute Gasteiger partial charge is 0.150 e. The number of aliphatic imine (C=N–C) groups is 1. The van der Waals surface area contributed by atoms with Gasteiger partial charge in [-0.1, -0.05) is 112 Å². The van der Waals surface area contributed by atoms with Crippen molar-refractivity contribution in [3.05, 3.63) is 53.2 Å². The van der Waals surface area contributed by atoms with E-state index in [1.807, 2.05) is 33.2 Å². The van der Waals surface area contributed by atoms with E-state index in [0.717, 1.165) is 42.1 Å². The zero-order valence-corrected chi connectivity index (χ0v) is 30.3. The molecule has 250 valence electrons. The molecule has 0 saturated carbocycles. The van der Waals surface area contributed by atoms with Gasteiger partial charge in [0, 0.05) is 32.9 Å². The van der Waals surface area contributed by atoms with Crippen LogP contribution in [0.3, 0.4) is 0 Å². The Morgan fingerprint density at radius 3 is 1.63 bits per heavy atom. The Morgan fingerprint density at radius 1 is 0.814 bits per heavy atom. The number of methoxy groups -OCH3 is 1. The number of carbonyl (C=O) groups is 1. The maximum atomic E-state index is 10.7. The second-order valence-corrected chi connectivity index (χ2v) is 10.00. The minimum Gasteiger partial charge on any atom is -0.388 e. The van der Waals surface area contributed by atoms with Crippen LogP contribution in [-0.2, 0) is 11.3 Å². The number of aldehydes is 1. The molecular formula is C36H69N5O2. The van der Waals surface area contributed by atoms with Crippen molar-refractivity contribution in [2.75, 3.05) is 51.6 Å². The van der Waals surface area contributed by atoms with Crippen molar-refractivity contribution in [2.45, 2.75) is 114 Å². The lowest BCUT2D eigenvalue weighted by Gasteiger charge is -2.24. The Labute approximate surface area is 267 Å². The van der Waals surface area contributed by atoms with Crippen LogP contribution < -0.4 is 15.5 Å². The molecule has 7 heteroatoms. The molecule has 2 aromatic rings. The maximum absolute atomic E-state index is 10.7. The molecule has 2 rings (SSSR count). The highest BCUT2D eigenvalue weighted by Gasteiger charge is 2.09. The molecule has 0 radical (unpaired) electrons. The third-order valence-electron chi connectivity index (χ3n) is 4.66. The Balaban J connectivity index is -0.000000426. The van der Waals surface area contributed by atoms with Crippen molar-refractivity contribution in [3.8, 4) is 0 Å². The third-order valence-corrected chi connectivity index (χ3v) is 4.66. The number of anilines is 2. The molecule has 1 heterocycles. The van der Waals surface area contributed by atoms with Crippen molar-refractivity contribution >= 4 is 24.1 Å². The Kier molecular flexibility index (Phi) is 43.0. The second-order valence-electron chi connectivity index (χ2n) is 10.00. The minimum absolute atomic E-state index is 0.568. The first kappa shape index (κ1) is 47.2. The van der Waals surface area contributed by atoms with Crippen molar-refractivity contribution in [2.24, 2.45) is 4.99 Å². The molecule has 0 aliphatic carbocycles. The molecule has 1 aromatic heterocycles. The lowest BCUT2D eigenvalue weighted by atomic mass is 10.1. The van der Waals surface area contributed by atoms with Gasteiger partial charge in [-0.2, -0.15) is 0 Å². The molecule has 0 amide bonds. The molecule has 0 spiro atoms. The van der Waals surface area contributed by atoms with E-state index < -0.39 is 0 Å². The Morgan fingerprint density at radius 2 is 1.26 bits per heavy atom. The highest BCUT2D eigenvalue weighted by Crippen LogP contribution is 2.19. The Bertz CT molecular complexity index is 822. The number of unbranched alkanes of at least 4 members (excludes halogenated alkanes) is 2. The van der Waals surface area contributed by atoms with Crippen LogP contribution in [0.1, 0.15) is 122 Å². The lowest BCUT2D eigenvalue weighted by molar-refractivity contribution is 0.112. The van der Waals surface area contributed by atoms with Gasteiger partial charge < -0.3 is 20.3 Å². The largest absolute Gasteiger partial charge is 0.388 e. The van der Waals surface area contributed by atoms with E-state index in [1.165, 1.54) is 44.9 Å². The average Bonchev–Trinajstić information content (AvgIpc) is 2.98. The van der Waals surface area contributed by atoms with Crippen LogP contribution >= 0.6 is 0 Å². The highest BCUT2D eigenvalue weighted by atomic mass is 16.4. The summed E-state index contributed by atoms with van der Waals surface area (Å²) in [5.41, 5.74) is 3.68. The summed E-state index contributed by atoms with van der Waals surface area (Å²) < 4.78 is 4.25. The number of rotatable bonds is 12. The maximum Gasteiger partial charge on any atom is 0.150 e. The first-order valence-electron chi connectivity index (χ1n) is 16.2. The van der Waals surface area contributed by atoms with Crippen LogP contribution in [0.5, 0.6) is 0 Å². The Hall–Kier alpha value is -2.77. The van der Waals surface area contributed by atoms with Crippen molar-refractivity contribution in [1.29, 1.82) is 0 Å². The van der Waals surface area contributed by atoms with Crippen molar-refractivity contribution in [3.63, 3.8) is 0 Å². The first-order valence-corrected chi connectivity index (χ1v) is 16.2. The first-order chi connectivity index (χ1) is 20.7. The number of carbonyl (C=O) groups excluding carboxylic acids is 1. The second kappa shape index (κ2) is 39.2. The normalized spacial score (nSPS) is 9.23. The summed E-state index contributed by atoms with van der Waals surface area (Å²) in [6.45, 7) is 21.9. The topological polar surface area (TPSA) is 78.9 Å². The molecule has 43 heavy (non-hydrogen) atoms. The number of nitrogens with one attached hydrogen (secondary N) is 2. The van der Waals surface area contributed by atoms with E-state index in [-0.39, 0.29) is 0 Å². The van der Waals surface area contributed by atoms with Crippen LogP contribution in [-0.4, -0.2) is 59.0 Å². The fourth-order valence-corrected chi connectivity index (χ4v) is 2.88. The minimum atomic E-state index is 0.568. The van der Waals surface area contributed by atoms with E-state index in [9.17, 15) is 4.79 Å². The molecule has 0 bridgehead atoms. The number of benzene rings is 1. The van der Waals surface area contributed by atoms with Crippen LogP contribution in [0.25, 0.3) is 0 Å².